The van der Waals surface area contributed by atoms with Gasteiger partial charge >= 0.3 is 5.97 Å². The van der Waals surface area contributed by atoms with Gasteiger partial charge in [-0.3, -0.25) is 9.59 Å². The molecule has 28 heavy (non-hydrogen) atoms. The first-order chi connectivity index (χ1) is 13.6. The number of hydrogen-bond donors (Lipinski definition) is 1. The first-order valence-electron chi connectivity index (χ1n) is 8.89. The molecule has 0 radical (unpaired) electrons. The maximum absolute atomic E-state index is 12.4. The van der Waals surface area contributed by atoms with Crippen LogP contribution in [0.4, 0.5) is 0 Å². The van der Waals surface area contributed by atoms with Gasteiger partial charge in [-0.25, -0.2) is 0 Å². The largest absolute Gasteiger partial charge is 0.455 e. The molecule has 6 heteroatoms. The lowest BCUT2D eigenvalue weighted by molar-refractivity contribution is -0.147. The molecule has 0 fully saturated rings. The molecule has 144 valence electrons. The normalized spacial score (nSPS) is 12.8. The summed E-state index contributed by atoms with van der Waals surface area (Å²) in [6.45, 7) is 1.48. The van der Waals surface area contributed by atoms with Gasteiger partial charge in [0.1, 0.15) is 5.25 Å². The molecule has 0 aliphatic heterocycles. The monoisotopic (exact) mass is 411 g/mol. The summed E-state index contributed by atoms with van der Waals surface area (Å²) in [6, 6.07) is 23.0. The zero-order valence-corrected chi connectivity index (χ0v) is 17.0. The lowest BCUT2D eigenvalue weighted by atomic mass is 10.1. The minimum absolute atomic E-state index is 0.261. The molecular weight excluding hydrogens is 390 g/mol. The molecule has 3 aromatic rings. The highest BCUT2D eigenvalue weighted by atomic mass is 32.2. The van der Waals surface area contributed by atoms with Crippen LogP contribution in [0.25, 0.3) is 0 Å². The lowest BCUT2D eigenvalue weighted by Crippen LogP contribution is -2.33. The van der Waals surface area contributed by atoms with Gasteiger partial charge in [0.15, 0.2) is 6.61 Å². The summed E-state index contributed by atoms with van der Waals surface area (Å²) < 4.78 is 5.22. The molecule has 2 atom stereocenters. The first-order valence-corrected chi connectivity index (χ1v) is 10.7. The van der Waals surface area contributed by atoms with Crippen molar-refractivity contribution in [2.24, 2.45) is 0 Å². The Hall–Kier alpha value is -2.57. The standard InChI is InChI=1S/C22H21NO3S2/c1-16(28-18-11-6-3-7-12-18)22(25)26-15-20(24)23-21(19-13-8-14-27-19)17-9-4-2-5-10-17/h2-14,16,21H,15H2,1H3,(H,23,24)/t16-,21-/m1/s1. The number of rotatable bonds is 8. The van der Waals surface area contributed by atoms with E-state index in [1.165, 1.54) is 11.8 Å². The van der Waals surface area contributed by atoms with E-state index in [2.05, 4.69) is 5.32 Å². The third-order valence-electron chi connectivity index (χ3n) is 4.00. The molecule has 0 bridgehead atoms. The minimum atomic E-state index is -0.406. The van der Waals surface area contributed by atoms with E-state index in [1.807, 2.05) is 78.2 Å². The molecule has 1 N–H and O–H groups in total. The molecule has 0 spiro atoms. The van der Waals surface area contributed by atoms with E-state index in [4.69, 9.17) is 4.74 Å². The van der Waals surface area contributed by atoms with Crippen molar-refractivity contribution in [3.63, 3.8) is 0 Å². The van der Waals surface area contributed by atoms with Crippen LogP contribution in [0.5, 0.6) is 0 Å². The average molecular weight is 412 g/mol. The fourth-order valence-corrected chi connectivity index (χ4v) is 4.32. The van der Waals surface area contributed by atoms with E-state index in [-0.39, 0.29) is 18.6 Å². The minimum Gasteiger partial charge on any atom is -0.455 e. The predicted octanol–water partition coefficient (Wildman–Crippen LogP) is 4.68. The number of thiophene rings is 1. The van der Waals surface area contributed by atoms with Crippen LogP contribution in [0.3, 0.4) is 0 Å². The Morgan fingerprint density at radius 1 is 1.00 bits per heavy atom. The zero-order chi connectivity index (χ0) is 19.8. The second-order valence-electron chi connectivity index (χ2n) is 6.11. The summed E-state index contributed by atoms with van der Waals surface area (Å²) in [6.07, 6.45) is 0. The summed E-state index contributed by atoms with van der Waals surface area (Å²) in [5.41, 5.74) is 0.984. The molecule has 1 heterocycles. The fraction of sp³-hybridized carbons (Fsp3) is 0.182. The lowest BCUT2D eigenvalue weighted by Gasteiger charge is -2.18. The van der Waals surface area contributed by atoms with Crippen LogP contribution in [0.15, 0.2) is 83.1 Å². The number of carbonyl (C=O) groups is 2. The number of nitrogens with one attached hydrogen (secondary N) is 1. The van der Waals surface area contributed by atoms with Crippen molar-refractivity contribution in [2.75, 3.05) is 6.61 Å². The second-order valence-corrected chi connectivity index (χ2v) is 8.50. The second kappa shape index (κ2) is 10.1. The molecule has 0 saturated heterocycles. The highest BCUT2D eigenvalue weighted by molar-refractivity contribution is 8.00. The van der Waals surface area contributed by atoms with Crippen molar-refractivity contribution in [3.05, 3.63) is 88.6 Å². The van der Waals surface area contributed by atoms with Gasteiger partial charge in [0.2, 0.25) is 0 Å². The Morgan fingerprint density at radius 2 is 1.68 bits per heavy atom. The summed E-state index contributed by atoms with van der Waals surface area (Å²) in [5.74, 6) is -0.732. The molecule has 0 aliphatic carbocycles. The molecule has 1 amide bonds. The number of benzene rings is 2. The Balaban J connectivity index is 1.55. The van der Waals surface area contributed by atoms with Crippen molar-refractivity contribution in [2.45, 2.75) is 23.1 Å². The summed E-state index contributed by atoms with van der Waals surface area (Å²) in [7, 11) is 0. The van der Waals surface area contributed by atoms with E-state index in [0.29, 0.717) is 0 Å². The van der Waals surface area contributed by atoms with Gasteiger partial charge in [-0.05, 0) is 36.1 Å². The molecule has 2 aromatic carbocycles. The Labute approximate surface area is 172 Å². The van der Waals surface area contributed by atoms with Crippen LogP contribution >= 0.6 is 23.1 Å². The molecule has 1 aromatic heterocycles. The number of thioether (sulfide) groups is 1. The van der Waals surface area contributed by atoms with Gasteiger partial charge < -0.3 is 10.1 Å². The van der Waals surface area contributed by atoms with Crippen LogP contribution in [0.2, 0.25) is 0 Å². The van der Waals surface area contributed by atoms with Crippen LogP contribution in [0.1, 0.15) is 23.4 Å². The van der Waals surface area contributed by atoms with Gasteiger partial charge in [0.05, 0.1) is 6.04 Å². The van der Waals surface area contributed by atoms with E-state index in [0.717, 1.165) is 15.3 Å². The Bertz CT molecular complexity index is 883. The molecule has 0 aliphatic rings. The predicted molar refractivity (Wildman–Crippen MR) is 113 cm³/mol. The Kier molecular flexibility index (Phi) is 7.28. The maximum Gasteiger partial charge on any atom is 0.319 e. The highest BCUT2D eigenvalue weighted by Gasteiger charge is 2.20. The van der Waals surface area contributed by atoms with Crippen LogP contribution in [0, 0.1) is 0 Å². The van der Waals surface area contributed by atoms with Crippen molar-refractivity contribution in [3.8, 4) is 0 Å². The average Bonchev–Trinajstić information content (AvgIpc) is 3.26. The van der Waals surface area contributed by atoms with Gasteiger partial charge in [0, 0.05) is 9.77 Å². The molecule has 4 nitrogen and oxygen atoms in total. The molecule has 3 rings (SSSR count). The Morgan fingerprint density at radius 3 is 2.32 bits per heavy atom. The highest BCUT2D eigenvalue weighted by Crippen LogP contribution is 2.26. The SMILES string of the molecule is C[C@@H](Sc1ccccc1)C(=O)OCC(=O)N[C@H](c1ccccc1)c1cccs1. The number of hydrogen-bond acceptors (Lipinski definition) is 5. The maximum atomic E-state index is 12.4. The van der Waals surface area contributed by atoms with Crippen molar-refractivity contribution < 1.29 is 14.3 Å². The molecule has 0 unspecified atom stereocenters. The van der Waals surface area contributed by atoms with E-state index in [1.54, 1.807) is 18.3 Å². The van der Waals surface area contributed by atoms with Crippen LogP contribution < -0.4 is 5.32 Å². The van der Waals surface area contributed by atoms with E-state index < -0.39 is 11.2 Å². The van der Waals surface area contributed by atoms with Crippen molar-refractivity contribution >= 4 is 35.0 Å². The van der Waals surface area contributed by atoms with Gasteiger partial charge in [-0.2, -0.15) is 0 Å². The van der Waals surface area contributed by atoms with E-state index >= 15 is 0 Å². The molecule has 0 saturated carbocycles. The first kappa shape index (κ1) is 20.2. The smallest absolute Gasteiger partial charge is 0.319 e. The van der Waals surface area contributed by atoms with Gasteiger partial charge in [-0.15, -0.1) is 23.1 Å². The van der Waals surface area contributed by atoms with Crippen LogP contribution in [-0.2, 0) is 14.3 Å². The quantitative estimate of drug-likeness (QED) is 0.432. The number of amides is 1. The van der Waals surface area contributed by atoms with Gasteiger partial charge in [0.25, 0.3) is 5.91 Å². The zero-order valence-electron chi connectivity index (χ0n) is 15.4. The topological polar surface area (TPSA) is 55.4 Å². The van der Waals surface area contributed by atoms with E-state index in [9.17, 15) is 9.59 Å². The van der Waals surface area contributed by atoms with Gasteiger partial charge in [-0.1, -0.05) is 54.6 Å². The number of carbonyl (C=O) groups excluding carboxylic acids is 2. The summed E-state index contributed by atoms with van der Waals surface area (Å²) in [4.78, 5) is 26.6. The third-order valence-corrected chi connectivity index (χ3v) is 6.03. The summed E-state index contributed by atoms with van der Waals surface area (Å²) >= 11 is 2.98. The van der Waals surface area contributed by atoms with Crippen molar-refractivity contribution in [1.29, 1.82) is 0 Å². The third kappa shape index (κ3) is 5.71. The summed E-state index contributed by atoms with van der Waals surface area (Å²) in [5, 5.41) is 4.55. The number of ether oxygens (including phenoxy) is 1. The molecular formula is C22H21NO3S2. The fourth-order valence-electron chi connectivity index (χ4n) is 2.63. The van der Waals surface area contributed by atoms with Crippen molar-refractivity contribution in [1.82, 2.24) is 5.32 Å². The van der Waals surface area contributed by atoms with Crippen LogP contribution in [-0.4, -0.2) is 23.7 Å². The number of esters is 1.